The maximum Gasteiger partial charge on any atom is 0.311 e. The molecule has 3 aromatic rings. The van der Waals surface area contributed by atoms with Gasteiger partial charge in [0.05, 0.1) is 12.5 Å². The lowest BCUT2D eigenvalue weighted by Gasteiger charge is -2.24. The predicted molar refractivity (Wildman–Crippen MR) is 137 cm³/mol. The first-order chi connectivity index (χ1) is 16.9. The Morgan fingerprint density at radius 3 is 2.60 bits per heavy atom. The van der Waals surface area contributed by atoms with Gasteiger partial charge in [0.15, 0.2) is 0 Å². The lowest BCUT2D eigenvalue weighted by Crippen LogP contribution is -2.25. The molecule has 0 saturated heterocycles. The van der Waals surface area contributed by atoms with Crippen LogP contribution in [0.3, 0.4) is 0 Å². The first-order valence-electron chi connectivity index (χ1n) is 11.3. The molecule has 8 heteroatoms. The minimum atomic E-state index is -0.885. The van der Waals surface area contributed by atoms with Gasteiger partial charge in [0.2, 0.25) is 0 Å². The van der Waals surface area contributed by atoms with Crippen LogP contribution in [0.4, 0.5) is 0 Å². The number of ether oxygens (including phenoxy) is 2. The van der Waals surface area contributed by atoms with Crippen LogP contribution < -0.4 is 14.8 Å². The average Bonchev–Trinajstić information content (AvgIpc) is 2.86. The molecule has 0 aromatic heterocycles. The third-order valence-electron chi connectivity index (χ3n) is 5.70. The van der Waals surface area contributed by atoms with Crippen molar-refractivity contribution in [3.8, 4) is 11.5 Å². The van der Waals surface area contributed by atoms with Gasteiger partial charge in [-0.05, 0) is 61.9 Å². The molecular weight excluding hydrogens is 486 g/mol. The number of thioether (sulfide) groups is 1. The molecule has 1 unspecified atom stereocenters. The van der Waals surface area contributed by atoms with Gasteiger partial charge in [-0.25, -0.2) is 0 Å². The van der Waals surface area contributed by atoms with E-state index in [2.05, 4.69) is 36.5 Å². The molecule has 182 valence electrons. The third-order valence-corrected chi connectivity index (χ3v) is 7.07. The summed E-state index contributed by atoms with van der Waals surface area (Å²) in [5.41, 5.74) is 3.07. The normalized spacial score (nSPS) is 14.5. The van der Waals surface area contributed by atoms with Crippen LogP contribution in [0.15, 0.2) is 65.6 Å². The highest BCUT2D eigenvalue weighted by Gasteiger charge is 2.28. The molecular formula is C27H26ClNO5S. The van der Waals surface area contributed by atoms with E-state index in [0.717, 1.165) is 5.75 Å². The fraction of sp³-hybridized carbons (Fsp3) is 0.259. The number of amides is 1. The summed E-state index contributed by atoms with van der Waals surface area (Å²) in [6.45, 7) is 3.16. The second-order valence-corrected chi connectivity index (χ2v) is 9.82. The summed E-state index contributed by atoms with van der Waals surface area (Å²) in [6, 6.07) is 18.6. The molecule has 35 heavy (non-hydrogen) atoms. The summed E-state index contributed by atoms with van der Waals surface area (Å²) >= 11 is 8.09. The highest BCUT2D eigenvalue weighted by atomic mass is 35.5. The fourth-order valence-electron chi connectivity index (χ4n) is 3.75. The Hall–Kier alpha value is -3.16. The molecule has 0 saturated carbocycles. The van der Waals surface area contributed by atoms with Gasteiger partial charge in [-0.1, -0.05) is 29.3 Å². The van der Waals surface area contributed by atoms with Crippen molar-refractivity contribution in [2.45, 2.75) is 30.8 Å². The third kappa shape index (κ3) is 6.50. The number of aryl methyl sites for hydroxylation is 1. The van der Waals surface area contributed by atoms with Crippen LogP contribution in [-0.4, -0.2) is 35.9 Å². The van der Waals surface area contributed by atoms with Gasteiger partial charge < -0.3 is 19.9 Å². The van der Waals surface area contributed by atoms with Crippen LogP contribution in [-0.2, 0) is 11.4 Å². The minimum Gasteiger partial charge on any atom is -0.493 e. The van der Waals surface area contributed by atoms with Crippen LogP contribution in [0.5, 0.6) is 11.5 Å². The van der Waals surface area contributed by atoms with E-state index < -0.39 is 11.9 Å². The molecule has 3 aromatic carbocycles. The van der Waals surface area contributed by atoms with Gasteiger partial charge in [-0.3, -0.25) is 9.59 Å². The number of carboxylic acids is 1. The zero-order chi connectivity index (χ0) is 24.8. The number of hydrogen-bond donors (Lipinski definition) is 2. The van der Waals surface area contributed by atoms with Gasteiger partial charge in [0.25, 0.3) is 5.91 Å². The van der Waals surface area contributed by atoms with Crippen molar-refractivity contribution in [2.75, 3.05) is 18.9 Å². The topological polar surface area (TPSA) is 84.9 Å². The Morgan fingerprint density at radius 2 is 1.89 bits per heavy atom. The number of fused-ring (bicyclic) bond motifs is 1. The Morgan fingerprint density at radius 1 is 1.14 bits per heavy atom. The molecule has 0 bridgehead atoms. The van der Waals surface area contributed by atoms with Crippen LogP contribution in [0.1, 0.15) is 39.4 Å². The van der Waals surface area contributed by atoms with Crippen molar-refractivity contribution in [3.63, 3.8) is 0 Å². The summed E-state index contributed by atoms with van der Waals surface area (Å²) in [7, 11) is 0. The Bertz CT molecular complexity index is 1200. The SMILES string of the molecule is Cc1ccc(SCCNC(=O)c2ccc(OCc3cc4c(cc3Cl)C(C(=O)O)CCO4)cc2)cc1. The highest BCUT2D eigenvalue weighted by molar-refractivity contribution is 7.99. The number of carbonyl (C=O) groups excluding carboxylic acids is 1. The van der Waals surface area contributed by atoms with E-state index in [-0.39, 0.29) is 12.5 Å². The Balaban J connectivity index is 1.28. The fourth-order valence-corrected chi connectivity index (χ4v) is 4.75. The lowest BCUT2D eigenvalue weighted by atomic mass is 9.92. The van der Waals surface area contributed by atoms with Crippen LogP contribution in [0.25, 0.3) is 0 Å². The number of benzene rings is 3. The van der Waals surface area contributed by atoms with Crippen molar-refractivity contribution in [1.82, 2.24) is 5.32 Å². The maximum atomic E-state index is 12.4. The second kappa shape index (κ2) is 11.5. The van der Waals surface area contributed by atoms with Crippen molar-refractivity contribution >= 4 is 35.2 Å². The van der Waals surface area contributed by atoms with E-state index in [4.69, 9.17) is 21.1 Å². The van der Waals surface area contributed by atoms with Crippen molar-refractivity contribution < 1.29 is 24.2 Å². The molecule has 1 aliphatic heterocycles. The largest absolute Gasteiger partial charge is 0.493 e. The molecule has 1 atom stereocenters. The number of rotatable bonds is 9. The second-order valence-electron chi connectivity index (χ2n) is 8.24. The average molecular weight is 512 g/mol. The molecule has 0 spiro atoms. The molecule has 1 aliphatic rings. The number of halogens is 1. The Labute approximate surface area is 213 Å². The van der Waals surface area contributed by atoms with E-state index in [1.807, 2.05) is 0 Å². The lowest BCUT2D eigenvalue weighted by molar-refractivity contribution is -0.139. The van der Waals surface area contributed by atoms with Gasteiger partial charge in [-0.2, -0.15) is 0 Å². The van der Waals surface area contributed by atoms with Gasteiger partial charge >= 0.3 is 5.97 Å². The Kier molecular flexibility index (Phi) is 8.21. The van der Waals surface area contributed by atoms with E-state index in [9.17, 15) is 14.7 Å². The van der Waals surface area contributed by atoms with Crippen molar-refractivity contribution in [1.29, 1.82) is 0 Å². The summed E-state index contributed by atoms with van der Waals surface area (Å²) in [5.74, 6) is 0.265. The summed E-state index contributed by atoms with van der Waals surface area (Å²) in [5, 5.41) is 12.8. The minimum absolute atomic E-state index is 0.135. The quantitative estimate of drug-likeness (QED) is 0.283. The van der Waals surface area contributed by atoms with E-state index in [1.165, 1.54) is 10.5 Å². The molecule has 0 radical (unpaired) electrons. The maximum absolute atomic E-state index is 12.4. The molecule has 0 fully saturated rings. The van der Waals surface area contributed by atoms with Gasteiger partial charge in [0.1, 0.15) is 18.1 Å². The number of hydrogen-bond acceptors (Lipinski definition) is 5. The zero-order valence-corrected chi connectivity index (χ0v) is 20.8. The summed E-state index contributed by atoms with van der Waals surface area (Å²) in [6.07, 6.45) is 0.417. The highest BCUT2D eigenvalue weighted by Crippen LogP contribution is 2.38. The van der Waals surface area contributed by atoms with Crippen LogP contribution in [0, 0.1) is 6.92 Å². The van der Waals surface area contributed by atoms with Gasteiger partial charge in [-0.15, -0.1) is 11.8 Å². The van der Waals surface area contributed by atoms with Crippen molar-refractivity contribution in [2.24, 2.45) is 0 Å². The van der Waals surface area contributed by atoms with Gasteiger partial charge in [0, 0.05) is 38.9 Å². The zero-order valence-electron chi connectivity index (χ0n) is 19.3. The van der Waals surface area contributed by atoms with Crippen LogP contribution in [0.2, 0.25) is 5.02 Å². The van der Waals surface area contributed by atoms with Crippen molar-refractivity contribution in [3.05, 3.63) is 87.9 Å². The van der Waals surface area contributed by atoms with E-state index in [1.54, 1.807) is 48.2 Å². The molecule has 1 amide bonds. The first kappa shape index (κ1) is 24.9. The molecule has 4 rings (SSSR count). The first-order valence-corrected chi connectivity index (χ1v) is 12.7. The summed E-state index contributed by atoms with van der Waals surface area (Å²) < 4.78 is 11.5. The number of carbonyl (C=O) groups is 2. The number of carboxylic acid groups (broad SMARTS) is 1. The monoisotopic (exact) mass is 511 g/mol. The molecule has 6 nitrogen and oxygen atoms in total. The van der Waals surface area contributed by atoms with E-state index >= 15 is 0 Å². The number of aliphatic carboxylic acids is 1. The molecule has 2 N–H and O–H groups in total. The standard InChI is InChI=1S/C27H26ClNO5S/c1-17-2-8-21(9-3-17)35-13-11-29-26(30)18-4-6-20(7-5-18)34-16-19-14-25-23(15-24(19)28)22(27(31)32)10-12-33-25/h2-9,14-15,22H,10-13,16H2,1H3,(H,29,30)(H,31,32). The molecule has 0 aliphatic carbocycles. The van der Waals surface area contributed by atoms with Crippen LogP contribution >= 0.6 is 23.4 Å². The predicted octanol–water partition coefficient (Wildman–Crippen LogP) is 5.70. The smallest absolute Gasteiger partial charge is 0.311 e. The summed E-state index contributed by atoms with van der Waals surface area (Å²) in [4.78, 5) is 25.1. The van der Waals surface area contributed by atoms with E-state index in [0.29, 0.717) is 52.8 Å². The number of nitrogens with one attached hydrogen (secondary N) is 1. The molecule has 1 heterocycles.